The number of nitrogens with zero attached hydrogens (tertiary/aromatic N) is 4. The second-order valence-electron chi connectivity index (χ2n) is 8.89. The maximum Gasteiger partial charge on any atom is 0.415 e. The Labute approximate surface area is 204 Å². The normalized spacial score (nSPS) is 15.1. The molecule has 1 fully saturated rings. The first-order valence-corrected chi connectivity index (χ1v) is 12.0. The Hall–Kier alpha value is -3.66. The third-order valence-corrected chi connectivity index (χ3v) is 6.86. The van der Waals surface area contributed by atoms with E-state index in [0.29, 0.717) is 50.5 Å². The van der Waals surface area contributed by atoms with Crippen molar-refractivity contribution in [3.63, 3.8) is 0 Å². The monoisotopic (exact) mass is 479 g/mol. The molecule has 1 aliphatic rings. The second kappa shape index (κ2) is 10.3. The summed E-state index contributed by atoms with van der Waals surface area (Å²) in [5.74, 6) is 1.13. The summed E-state index contributed by atoms with van der Waals surface area (Å²) >= 11 is 0. The van der Waals surface area contributed by atoms with E-state index in [9.17, 15) is 9.59 Å². The predicted octanol–water partition coefficient (Wildman–Crippen LogP) is 3.29. The number of rotatable bonds is 7. The van der Waals surface area contributed by atoms with Gasteiger partial charge < -0.3 is 30.6 Å². The quantitative estimate of drug-likeness (QED) is 0.474. The predicted molar refractivity (Wildman–Crippen MR) is 136 cm³/mol. The van der Waals surface area contributed by atoms with Crippen molar-refractivity contribution in [3.8, 4) is 5.75 Å². The third-order valence-electron chi connectivity index (χ3n) is 6.86. The molecule has 10 heteroatoms. The lowest BCUT2D eigenvalue weighted by atomic mass is 9.77. The van der Waals surface area contributed by atoms with Gasteiger partial charge in [0.05, 0.1) is 10.8 Å². The maximum atomic E-state index is 13.4. The lowest BCUT2D eigenvalue weighted by Gasteiger charge is -2.40. The smallest absolute Gasteiger partial charge is 0.410 e. The van der Waals surface area contributed by atoms with Crippen molar-refractivity contribution in [1.82, 2.24) is 19.9 Å². The van der Waals surface area contributed by atoms with Gasteiger partial charge in [0.25, 0.3) is 0 Å². The molecule has 4 N–H and O–H groups in total. The zero-order valence-electron chi connectivity index (χ0n) is 20.5. The largest absolute Gasteiger partial charge is 0.415 e. The number of aromatic nitrogens is 3. The molecule has 0 bridgehead atoms. The van der Waals surface area contributed by atoms with E-state index in [2.05, 4.69) is 25.2 Å². The molecule has 2 aromatic heterocycles. The lowest BCUT2D eigenvalue weighted by Crippen LogP contribution is -2.50. The molecule has 0 atom stereocenters. The third kappa shape index (κ3) is 4.93. The van der Waals surface area contributed by atoms with Crippen LogP contribution in [-0.2, 0) is 4.79 Å². The van der Waals surface area contributed by atoms with E-state index in [1.165, 1.54) is 0 Å². The van der Waals surface area contributed by atoms with E-state index in [-0.39, 0.29) is 12.5 Å². The number of benzene rings is 1. The number of amides is 2. The summed E-state index contributed by atoms with van der Waals surface area (Å²) in [6.45, 7) is 8.49. The number of nitrogens with one attached hydrogen (secondary N) is 2. The Morgan fingerprint density at radius 1 is 1.23 bits per heavy atom. The summed E-state index contributed by atoms with van der Waals surface area (Å²) in [7, 11) is 0. The number of carbonyl (C=O) groups excluding carboxylic acids is 2. The number of aromatic amines is 1. The fourth-order valence-electron chi connectivity index (χ4n) is 4.56. The number of ether oxygens (including phenoxy) is 1. The van der Waals surface area contributed by atoms with Crippen molar-refractivity contribution < 1.29 is 14.3 Å². The van der Waals surface area contributed by atoms with Crippen LogP contribution in [0.25, 0.3) is 11.0 Å². The molecule has 0 spiro atoms. The number of anilines is 2. The summed E-state index contributed by atoms with van der Waals surface area (Å²) in [5, 5.41) is 4.00. The van der Waals surface area contributed by atoms with Crippen molar-refractivity contribution in [3.05, 3.63) is 42.4 Å². The van der Waals surface area contributed by atoms with Gasteiger partial charge in [0.1, 0.15) is 23.5 Å². The van der Waals surface area contributed by atoms with E-state index >= 15 is 0 Å². The van der Waals surface area contributed by atoms with Crippen LogP contribution in [0.2, 0.25) is 0 Å². The Kier molecular flexibility index (Phi) is 7.20. The highest BCUT2D eigenvalue weighted by molar-refractivity contribution is 5.96. The van der Waals surface area contributed by atoms with Crippen molar-refractivity contribution in [2.45, 2.75) is 33.6 Å². The average molecular weight is 480 g/mol. The Balaban J connectivity index is 1.44. The van der Waals surface area contributed by atoms with Gasteiger partial charge in [-0.3, -0.25) is 4.79 Å². The fraction of sp³-hybridized carbons (Fsp3) is 0.440. The number of hydrogen-bond donors (Lipinski definition) is 3. The molecule has 1 saturated heterocycles. The molecular weight excluding hydrogens is 446 g/mol. The molecule has 3 heterocycles. The zero-order chi connectivity index (χ0) is 25.0. The minimum absolute atomic E-state index is 0.127. The van der Waals surface area contributed by atoms with Crippen molar-refractivity contribution >= 4 is 34.5 Å². The number of aryl methyl sites for hydroxylation is 1. The van der Waals surface area contributed by atoms with Gasteiger partial charge in [0, 0.05) is 50.7 Å². The number of hydrogen-bond acceptors (Lipinski definition) is 7. The van der Waals surface area contributed by atoms with Gasteiger partial charge in [-0.05, 0) is 51.3 Å². The van der Waals surface area contributed by atoms with Crippen molar-refractivity contribution in [2.75, 3.05) is 42.9 Å². The summed E-state index contributed by atoms with van der Waals surface area (Å²) in [5.41, 5.74) is 7.92. The highest BCUT2D eigenvalue weighted by atomic mass is 16.6. The van der Waals surface area contributed by atoms with E-state index < -0.39 is 11.5 Å². The minimum atomic E-state index is -0.691. The van der Waals surface area contributed by atoms with Crippen LogP contribution in [0.15, 0.2) is 36.8 Å². The van der Waals surface area contributed by atoms with Gasteiger partial charge in [-0.2, -0.15) is 0 Å². The van der Waals surface area contributed by atoms with E-state index in [4.69, 9.17) is 10.5 Å². The van der Waals surface area contributed by atoms with Gasteiger partial charge in [0.2, 0.25) is 5.91 Å². The summed E-state index contributed by atoms with van der Waals surface area (Å²) in [6.07, 6.45) is 4.27. The molecule has 35 heavy (non-hydrogen) atoms. The second-order valence-corrected chi connectivity index (χ2v) is 8.89. The molecule has 1 aliphatic heterocycles. The van der Waals surface area contributed by atoms with Crippen LogP contribution in [0, 0.1) is 12.3 Å². The first-order valence-electron chi connectivity index (χ1n) is 12.0. The highest BCUT2D eigenvalue weighted by Crippen LogP contribution is 2.36. The first-order chi connectivity index (χ1) is 16.9. The fourth-order valence-corrected chi connectivity index (χ4v) is 4.56. The molecule has 4 rings (SSSR count). The maximum absolute atomic E-state index is 13.4. The van der Waals surface area contributed by atoms with Crippen LogP contribution in [0.5, 0.6) is 5.75 Å². The number of nitrogens with two attached hydrogens (primary N) is 1. The van der Waals surface area contributed by atoms with Crippen LogP contribution < -0.4 is 20.7 Å². The first kappa shape index (κ1) is 24.5. The molecule has 0 saturated carbocycles. The van der Waals surface area contributed by atoms with E-state index in [0.717, 1.165) is 22.4 Å². The molecule has 0 unspecified atom stereocenters. The van der Waals surface area contributed by atoms with Gasteiger partial charge >= 0.3 is 6.09 Å². The molecule has 1 aromatic carbocycles. The average Bonchev–Trinajstić information content (AvgIpc) is 3.26. The number of carbonyl (C=O) groups is 2. The Morgan fingerprint density at radius 3 is 2.66 bits per heavy atom. The Morgan fingerprint density at radius 2 is 1.97 bits per heavy atom. The van der Waals surface area contributed by atoms with E-state index in [1.54, 1.807) is 35.5 Å². The standard InChI is InChI=1S/C25H33N7O3/c1-4-31(5-2)24(34)35-19-8-6-7-18(13-19)30-23(33)25(15-26)9-11-32(12-10-25)22-20-17(3)14-27-21(20)28-16-29-22/h6-8,13-14,16H,4-5,9-12,15,26H2,1-3H3,(H,30,33)(H,27,28,29). The van der Waals surface area contributed by atoms with Crippen LogP contribution in [0.3, 0.4) is 0 Å². The molecule has 10 nitrogen and oxygen atoms in total. The molecule has 186 valence electrons. The number of piperidine rings is 1. The van der Waals surface area contributed by atoms with Gasteiger partial charge in [-0.25, -0.2) is 14.8 Å². The zero-order valence-corrected chi connectivity index (χ0v) is 20.5. The summed E-state index contributed by atoms with van der Waals surface area (Å²) in [6, 6.07) is 6.88. The SMILES string of the molecule is CCN(CC)C(=O)Oc1cccc(NC(=O)C2(CN)CCN(c3ncnc4[nH]cc(C)c34)CC2)c1. The number of fused-ring (bicyclic) bond motifs is 1. The van der Waals surface area contributed by atoms with E-state index in [1.807, 2.05) is 27.0 Å². The summed E-state index contributed by atoms with van der Waals surface area (Å²) in [4.78, 5) is 41.4. The topological polar surface area (TPSA) is 129 Å². The molecule has 0 aliphatic carbocycles. The van der Waals surface area contributed by atoms with Gasteiger partial charge in [0.15, 0.2) is 0 Å². The highest BCUT2D eigenvalue weighted by Gasteiger charge is 2.41. The lowest BCUT2D eigenvalue weighted by molar-refractivity contribution is -0.126. The molecular formula is C25H33N7O3. The van der Waals surface area contributed by atoms with Gasteiger partial charge in [-0.1, -0.05) is 6.07 Å². The Bertz CT molecular complexity index is 1200. The molecule has 3 aromatic rings. The van der Waals surface area contributed by atoms with Gasteiger partial charge in [-0.15, -0.1) is 0 Å². The molecule has 0 radical (unpaired) electrons. The van der Waals surface area contributed by atoms with Crippen molar-refractivity contribution in [2.24, 2.45) is 11.1 Å². The summed E-state index contributed by atoms with van der Waals surface area (Å²) < 4.78 is 5.47. The number of H-pyrrole nitrogens is 1. The molecule has 2 amide bonds. The van der Waals surface area contributed by atoms with Crippen LogP contribution in [-0.4, -0.2) is 64.6 Å². The van der Waals surface area contributed by atoms with Crippen LogP contribution in [0.4, 0.5) is 16.3 Å². The van der Waals surface area contributed by atoms with Crippen molar-refractivity contribution in [1.29, 1.82) is 0 Å². The minimum Gasteiger partial charge on any atom is -0.410 e. The van der Waals surface area contributed by atoms with Crippen LogP contribution >= 0.6 is 0 Å². The van der Waals surface area contributed by atoms with Crippen LogP contribution in [0.1, 0.15) is 32.3 Å².